The van der Waals surface area contributed by atoms with E-state index >= 15 is 0 Å². The Bertz CT molecular complexity index is 336. The summed E-state index contributed by atoms with van der Waals surface area (Å²) in [5, 5.41) is 8.61. The van der Waals surface area contributed by atoms with Gasteiger partial charge in [0, 0.05) is 6.42 Å². The van der Waals surface area contributed by atoms with Gasteiger partial charge in [0.05, 0.1) is 5.92 Å². The van der Waals surface area contributed by atoms with Gasteiger partial charge in [0.15, 0.2) is 0 Å². The number of halogens is 1. The van der Waals surface area contributed by atoms with Crippen molar-refractivity contribution in [2.75, 3.05) is 0 Å². The highest BCUT2D eigenvalue weighted by molar-refractivity contribution is 5.76. The molecule has 0 unspecified atom stereocenters. The summed E-state index contributed by atoms with van der Waals surface area (Å²) in [5.41, 5.74) is -1.14. The third-order valence-electron chi connectivity index (χ3n) is 2.45. The zero-order valence-electron chi connectivity index (χ0n) is 6.90. The van der Waals surface area contributed by atoms with E-state index in [9.17, 15) is 9.18 Å². The Labute approximate surface area is 75.0 Å². The van der Waals surface area contributed by atoms with Crippen molar-refractivity contribution in [3.8, 4) is 0 Å². The van der Waals surface area contributed by atoms with Crippen LogP contribution in [0.2, 0.25) is 0 Å². The second kappa shape index (κ2) is 2.55. The SMILES string of the molecule is O=C(O)[C@@H]1C[C@]1(F)c1ccccc1. The lowest BCUT2D eigenvalue weighted by atomic mass is 10.1. The Hall–Kier alpha value is -1.38. The van der Waals surface area contributed by atoms with Crippen LogP contribution in [0, 0.1) is 5.92 Å². The molecule has 1 aliphatic carbocycles. The van der Waals surface area contributed by atoms with Crippen molar-refractivity contribution in [3.05, 3.63) is 35.9 Å². The molecule has 1 aliphatic rings. The number of carboxylic acid groups (broad SMARTS) is 1. The molecule has 1 aromatic carbocycles. The van der Waals surface area contributed by atoms with Crippen molar-refractivity contribution < 1.29 is 14.3 Å². The van der Waals surface area contributed by atoms with Gasteiger partial charge in [-0.1, -0.05) is 30.3 Å². The molecular formula is C10H9FO2. The molecule has 0 amide bonds. The Morgan fingerprint density at radius 2 is 2.08 bits per heavy atom. The molecule has 0 aromatic heterocycles. The van der Waals surface area contributed by atoms with Gasteiger partial charge < -0.3 is 5.11 Å². The average molecular weight is 180 g/mol. The molecule has 1 saturated carbocycles. The summed E-state index contributed by atoms with van der Waals surface area (Å²) in [4.78, 5) is 10.5. The van der Waals surface area contributed by atoms with E-state index < -0.39 is 17.6 Å². The van der Waals surface area contributed by atoms with Gasteiger partial charge in [-0.05, 0) is 5.56 Å². The number of carboxylic acids is 1. The minimum absolute atomic E-state index is 0.104. The Morgan fingerprint density at radius 1 is 1.46 bits per heavy atom. The number of benzene rings is 1. The molecule has 1 N–H and O–H groups in total. The molecule has 1 aromatic rings. The lowest BCUT2D eigenvalue weighted by Crippen LogP contribution is -2.09. The molecule has 1 fully saturated rings. The van der Waals surface area contributed by atoms with Crippen molar-refractivity contribution >= 4 is 5.97 Å². The van der Waals surface area contributed by atoms with Gasteiger partial charge in [0.2, 0.25) is 0 Å². The van der Waals surface area contributed by atoms with E-state index in [2.05, 4.69) is 0 Å². The van der Waals surface area contributed by atoms with E-state index in [1.165, 1.54) is 0 Å². The number of hydrogen-bond donors (Lipinski definition) is 1. The smallest absolute Gasteiger partial charge is 0.310 e. The Morgan fingerprint density at radius 3 is 2.54 bits per heavy atom. The largest absolute Gasteiger partial charge is 0.481 e. The number of aliphatic carboxylic acids is 1. The maximum atomic E-state index is 13.8. The molecule has 2 rings (SSSR count). The van der Waals surface area contributed by atoms with E-state index in [1.807, 2.05) is 0 Å². The van der Waals surface area contributed by atoms with Gasteiger partial charge in [-0.2, -0.15) is 0 Å². The van der Waals surface area contributed by atoms with Crippen LogP contribution in [0.1, 0.15) is 12.0 Å². The Balaban J connectivity index is 2.25. The zero-order valence-corrected chi connectivity index (χ0v) is 6.90. The molecule has 3 heteroatoms. The van der Waals surface area contributed by atoms with Gasteiger partial charge in [-0.3, -0.25) is 4.79 Å². The standard InChI is InChI=1S/C10H9FO2/c11-10(6-8(10)9(12)13)7-4-2-1-3-5-7/h1-5,8H,6H2,(H,12,13)/t8-,10-/m0/s1. The summed E-state index contributed by atoms with van der Waals surface area (Å²) >= 11 is 0. The van der Waals surface area contributed by atoms with Gasteiger partial charge in [0.25, 0.3) is 0 Å². The van der Waals surface area contributed by atoms with Gasteiger partial charge in [0.1, 0.15) is 5.67 Å². The summed E-state index contributed by atoms with van der Waals surface area (Å²) < 4.78 is 13.8. The quantitative estimate of drug-likeness (QED) is 0.755. The minimum Gasteiger partial charge on any atom is -0.481 e. The van der Waals surface area contributed by atoms with E-state index in [0.29, 0.717) is 5.56 Å². The van der Waals surface area contributed by atoms with Gasteiger partial charge in [-0.25, -0.2) is 4.39 Å². The summed E-state index contributed by atoms with van der Waals surface area (Å²) in [7, 11) is 0. The maximum absolute atomic E-state index is 13.8. The molecule has 0 bridgehead atoms. The predicted octanol–water partition coefficient (Wildman–Crippen LogP) is 1.96. The Kier molecular flexibility index (Phi) is 1.62. The normalized spacial score (nSPS) is 31.3. The average Bonchev–Trinajstić information content (AvgIpc) is 2.82. The predicted molar refractivity (Wildman–Crippen MR) is 45.0 cm³/mol. The van der Waals surface area contributed by atoms with E-state index in [4.69, 9.17) is 5.11 Å². The molecule has 13 heavy (non-hydrogen) atoms. The van der Waals surface area contributed by atoms with Crippen molar-refractivity contribution in [2.45, 2.75) is 12.1 Å². The third-order valence-corrected chi connectivity index (χ3v) is 2.45. The number of alkyl halides is 1. The molecule has 2 nitrogen and oxygen atoms in total. The van der Waals surface area contributed by atoms with Crippen LogP contribution in [0.5, 0.6) is 0 Å². The lowest BCUT2D eigenvalue weighted by Gasteiger charge is -2.04. The molecule has 2 atom stereocenters. The van der Waals surface area contributed by atoms with Crippen LogP contribution in [0.25, 0.3) is 0 Å². The topological polar surface area (TPSA) is 37.3 Å². The second-order valence-electron chi connectivity index (χ2n) is 3.32. The summed E-state index contributed by atoms with van der Waals surface area (Å²) in [5.74, 6) is -1.90. The third kappa shape index (κ3) is 1.20. The van der Waals surface area contributed by atoms with Crippen LogP contribution >= 0.6 is 0 Å². The van der Waals surface area contributed by atoms with E-state index in [0.717, 1.165) is 0 Å². The zero-order chi connectivity index (χ0) is 9.47. The summed E-state index contributed by atoms with van der Waals surface area (Å²) in [6.07, 6.45) is 0.104. The molecule has 0 aliphatic heterocycles. The van der Waals surface area contributed by atoms with Crippen molar-refractivity contribution in [2.24, 2.45) is 5.92 Å². The number of rotatable bonds is 2. The van der Waals surface area contributed by atoms with Gasteiger partial charge in [-0.15, -0.1) is 0 Å². The highest BCUT2D eigenvalue weighted by atomic mass is 19.1. The number of carbonyl (C=O) groups is 1. The van der Waals surface area contributed by atoms with Crippen molar-refractivity contribution in [1.29, 1.82) is 0 Å². The molecular weight excluding hydrogens is 171 g/mol. The first kappa shape index (κ1) is 8.23. The fourth-order valence-corrected chi connectivity index (χ4v) is 1.56. The van der Waals surface area contributed by atoms with Crippen molar-refractivity contribution in [3.63, 3.8) is 0 Å². The van der Waals surface area contributed by atoms with Crippen LogP contribution in [-0.4, -0.2) is 11.1 Å². The van der Waals surface area contributed by atoms with Crippen LogP contribution in [0.4, 0.5) is 4.39 Å². The van der Waals surface area contributed by atoms with Crippen LogP contribution < -0.4 is 0 Å². The van der Waals surface area contributed by atoms with E-state index in [-0.39, 0.29) is 6.42 Å². The monoisotopic (exact) mass is 180 g/mol. The molecule has 68 valence electrons. The first-order valence-electron chi connectivity index (χ1n) is 4.12. The first-order valence-corrected chi connectivity index (χ1v) is 4.12. The van der Waals surface area contributed by atoms with Crippen molar-refractivity contribution in [1.82, 2.24) is 0 Å². The van der Waals surface area contributed by atoms with E-state index in [1.54, 1.807) is 30.3 Å². The fraction of sp³-hybridized carbons (Fsp3) is 0.300. The van der Waals surface area contributed by atoms with Crippen LogP contribution in [-0.2, 0) is 10.5 Å². The second-order valence-corrected chi connectivity index (χ2v) is 3.32. The fourth-order valence-electron chi connectivity index (χ4n) is 1.56. The molecule has 0 spiro atoms. The summed E-state index contributed by atoms with van der Waals surface area (Å²) in [6.45, 7) is 0. The summed E-state index contributed by atoms with van der Waals surface area (Å²) in [6, 6.07) is 8.47. The molecule has 0 radical (unpaired) electrons. The van der Waals surface area contributed by atoms with Crippen LogP contribution in [0.15, 0.2) is 30.3 Å². The molecule has 0 heterocycles. The maximum Gasteiger partial charge on any atom is 0.310 e. The van der Waals surface area contributed by atoms with Gasteiger partial charge >= 0.3 is 5.97 Å². The van der Waals surface area contributed by atoms with Crippen LogP contribution in [0.3, 0.4) is 0 Å². The first-order chi connectivity index (χ1) is 6.14. The molecule has 0 saturated heterocycles. The minimum atomic E-state index is -1.62. The highest BCUT2D eigenvalue weighted by Gasteiger charge is 2.61. The number of hydrogen-bond acceptors (Lipinski definition) is 1. The lowest BCUT2D eigenvalue weighted by molar-refractivity contribution is -0.139. The highest BCUT2D eigenvalue weighted by Crippen LogP contribution is 2.55.